The minimum absolute atomic E-state index is 0.159. The first kappa shape index (κ1) is 29.4. The number of ketones is 1. The molecule has 0 bridgehead atoms. The summed E-state index contributed by atoms with van der Waals surface area (Å²) in [5.41, 5.74) is 4.64. The number of ether oxygens (including phenoxy) is 1. The van der Waals surface area contributed by atoms with Gasteiger partial charge in [0.2, 0.25) is 23.5 Å². The van der Waals surface area contributed by atoms with Crippen LogP contribution in [0.15, 0.2) is 82.2 Å². The number of aliphatic imine (C=N–C) groups is 1. The zero-order valence-corrected chi connectivity index (χ0v) is 24.5. The van der Waals surface area contributed by atoms with Gasteiger partial charge in [0, 0.05) is 11.1 Å². The highest BCUT2D eigenvalue weighted by molar-refractivity contribution is 6.21. The maximum atomic E-state index is 13.4. The second-order valence-electron chi connectivity index (χ2n) is 10.7. The van der Waals surface area contributed by atoms with Gasteiger partial charge < -0.3 is 19.4 Å². The summed E-state index contributed by atoms with van der Waals surface area (Å²) in [5.74, 6) is -0.871. The number of amides is 2. The van der Waals surface area contributed by atoms with Crippen molar-refractivity contribution in [3.05, 3.63) is 107 Å². The average molecular weight is 580 g/mol. The Balaban J connectivity index is 1.33. The molecule has 0 unspecified atom stereocenters. The van der Waals surface area contributed by atoms with Crippen molar-refractivity contribution in [3.8, 4) is 5.75 Å². The number of hydrogen-bond acceptors (Lipinski definition) is 8. The van der Waals surface area contributed by atoms with Crippen LogP contribution in [-0.2, 0) is 16.0 Å². The highest BCUT2D eigenvalue weighted by atomic mass is 16.5. The van der Waals surface area contributed by atoms with Crippen LogP contribution in [0.4, 0.5) is 5.69 Å². The number of hydrogen-bond donors (Lipinski definition) is 1. The number of Topliss-reactive ketones (excluding diaryl/α,β-unsaturated/α-hetero) is 1. The van der Waals surface area contributed by atoms with Crippen molar-refractivity contribution in [1.82, 2.24) is 15.5 Å². The van der Waals surface area contributed by atoms with Crippen LogP contribution in [0.2, 0.25) is 0 Å². The van der Waals surface area contributed by atoms with Gasteiger partial charge >= 0.3 is 0 Å². The SMILES string of the molecule is COc1ccccc1C1=NCC(=O)N(CC(=O)N[C@H](C(=O)c2nnc(Cc3cccc(C)c3)o2)C(C)C)c2ccccc21. The quantitative estimate of drug-likeness (QED) is 0.279. The fourth-order valence-electron chi connectivity index (χ4n) is 5.06. The maximum absolute atomic E-state index is 13.4. The Morgan fingerprint density at radius 1 is 1.00 bits per heavy atom. The predicted octanol–water partition coefficient (Wildman–Crippen LogP) is 4.19. The largest absolute Gasteiger partial charge is 0.496 e. The second kappa shape index (κ2) is 12.8. The summed E-state index contributed by atoms with van der Waals surface area (Å²) in [6.45, 7) is 5.16. The fourth-order valence-corrected chi connectivity index (χ4v) is 5.06. The minimum atomic E-state index is -0.933. The van der Waals surface area contributed by atoms with E-state index in [2.05, 4.69) is 20.5 Å². The van der Waals surface area contributed by atoms with Crippen LogP contribution in [0.3, 0.4) is 0 Å². The number of benzodiazepines with no additional fused rings is 1. The van der Waals surface area contributed by atoms with E-state index in [4.69, 9.17) is 9.15 Å². The normalized spacial score (nSPS) is 13.7. The molecule has 3 aromatic carbocycles. The summed E-state index contributed by atoms with van der Waals surface area (Å²) < 4.78 is 11.2. The van der Waals surface area contributed by atoms with Gasteiger partial charge in [-0.05, 0) is 36.6 Å². The van der Waals surface area contributed by atoms with E-state index >= 15 is 0 Å². The number of nitrogens with one attached hydrogen (secondary N) is 1. The lowest BCUT2D eigenvalue weighted by Gasteiger charge is -2.25. The third-order valence-corrected chi connectivity index (χ3v) is 7.17. The first-order valence-electron chi connectivity index (χ1n) is 14.0. The van der Waals surface area contributed by atoms with E-state index in [1.165, 1.54) is 4.90 Å². The van der Waals surface area contributed by atoms with Gasteiger partial charge in [0.25, 0.3) is 5.89 Å². The monoisotopic (exact) mass is 579 g/mol. The van der Waals surface area contributed by atoms with Crippen LogP contribution in [-0.4, -0.2) is 59.7 Å². The molecule has 2 heterocycles. The molecular weight excluding hydrogens is 546 g/mol. The van der Waals surface area contributed by atoms with Crippen LogP contribution < -0.4 is 15.0 Å². The van der Waals surface area contributed by atoms with Crippen LogP contribution in [0.1, 0.15) is 52.7 Å². The molecule has 0 aliphatic carbocycles. The van der Waals surface area contributed by atoms with E-state index in [0.717, 1.165) is 16.7 Å². The summed E-state index contributed by atoms with van der Waals surface area (Å²) in [4.78, 5) is 46.1. The van der Waals surface area contributed by atoms with Crippen LogP contribution in [0, 0.1) is 12.8 Å². The van der Waals surface area contributed by atoms with Crippen LogP contribution in [0.5, 0.6) is 5.75 Å². The molecule has 10 heteroatoms. The lowest BCUT2D eigenvalue weighted by atomic mass is 9.99. The third-order valence-electron chi connectivity index (χ3n) is 7.17. The number of carbonyl (C=O) groups is 3. The molecule has 4 aromatic rings. The zero-order valence-electron chi connectivity index (χ0n) is 24.5. The number of aryl methyl sites for hydroxylation is 1. The number of carbonyl (C=O) groups excluding carboxylic acids is 3. The highest BCUT2D eigenvalue weighted by Crippen LogP contribution is 2.30. The topological polar surface area (TPSA) is 127 Å². The van der Waals surface area contributed by atoms with E-state index in [-0.39, 0.29) is 30.8 Å². The molecule has 10 nitrogen and oxygen atoms in total. The lowest BCUT2D eigenvalue weighted by molar-refractivity contribution is -0.123. The fraction of sp³-hybridized carbons (Fsp3) is 0.273. The number of methoxy groups -OCH3 is 1. The van der Waals surface area contributed by atoms with Crippen molar-refractivity contribution >= 4 is 29.0 Å². The Morgan fingerprint density at radius 2 is 1.74 bits per heavy atom. The number of rotatable bonds is 10. The molecule has 1 aromatic heterocycles. The van der Waals surface area contributed by atoms with Gasteiger partial charge in [0.15, 0.2) is 0 Å². The molecule has 1 atom stereocenters. The summed E-state index contributed by atoms with van der Waals surface area (Å²) in [7, 11) is 1.58. The predicted molar refractivity (Wildman–Crippen MR) is 162 cm³/mol. The number of nitrogens with zero attached hydrogens (tertiary/aromatic N) is 4. The van der Waals surface area contributed by atoms with Gasteiger partial charge in [-0.1, -0.05) is 74.0 Å². The summed E-state index contributed by atoms with van der Waals surface area (Å²) in [5, 5.41) is 10.8. The number of anilines is 1. The third kappa shape index (κ3) is 6.53. The summed E-state index contributed by atoms with van der Waals surface area (Å²) >= 11 is 0. The van der Waals surface area contributed by atoms with Crippen molar-refractivity contribution in [2.75, 3.05) is 25.1 Å². The molecule has 0 fully saturated rings. The van der Waals surface area contributed by atoms with Crippen molar-refractivity contribution in [3.63, 3.8) is 0 Å². The number of fused-ring (bicyclic) bond motifs is 1. The molecular formula is C33H33N5O5. The van der Waals surface area contributed by atoms with Crippen molar-refractivity contribution in [1.29, 1.82) is 0 Å². The number of benzene rings is 3. The second-order valence-corrected chi connectivity index (χ2v) is 10.7. The van der Waals surface area contributed by atoms with Crippen molar-refractivity contribution in [2.24, 2.45) is 10.9 Å². The van der Waals surface area contributed by atoms with Crippen LogP contribution >= 0.6 is 0 Å². The molecule has 1 aliphatic heterocycles. The van der Waals surface area contributed by atoms with Crippen LogP contribution in [0.25, 0.3) is 0 Å². The molecule has 1 aliphatic rings. The van der Waals surface area contributed by atoms with Gasteiger partial charge in [-0.3, -0.25) is 19.4 Å². The maximum Gasteiger partial charge on any atom is 0.286 e. The van der Waals surface area contributed by atoms with Crippen molar-refractivity contribution < 1.29 is 23.5 Å². The van der Waals surface area contributed by atoms with E-state index in [1.807, 2.05) is 81.4 Å². The molecule has 0 radical (unpaired) electrons. The first-order valence-corrected chi connectivity index (χ1v) is 14.0. The molecule has 220 valence electrons. The Hall–Kier alpha value is -5.12. The first-order chi connectivity index (χ1) is 20.7. The zero-order chi connectivity index (χ0) is 30.5. The van der Waals surface area contributed by atoms with Gasteiger partial charge in [0.1, 0.15) is 18.8 Å². The molecule has 0 saturated carbocycles. The lowest BCUT2D eigenvalue weighted by Crippen LogP contribution is -2.49. The summed E-state index contributed by atoms with van der Waals surface area (Å²) in [6, 6.07) is 21.7. The smallest absolute Gasteiger partial charge is 0.286 e. The van der Waals surface area contributed by atoms with Gasteiger partial charge in [0.05, 0.1) is 31.0 Å². The van der Waals surface area contributed by atoms with Crippen molar-refractivity contribution in [2.45, 2.75) is 33.2 Å². The molecule has 2 amide bonds. The minimum Gasteiger partial charge on any atom is -0.496 e. The Kier molecular flexibility index (Phi) is 8.75. The van der Waals surface area contributed by atoms with E-state index in [1.54, 1.807) is 19.2 Å². The Morgan fingerprint density at radius 3 is 2.49 bits per heavy atom. The Bertz CT molecular complexity index is 1690. The molecule has 43 heavy (non-hydrogen) atoms. The van der Waals surface area contributed by atoms with E-state index < -0.39 is 17.7 Å². The molecule has 0 saturated heterocycles. The van der Waals surface area contributed by atoms with E-state index in [9.17, 15) is 14.4 Å². The molecule has 1 N–H and O–H groups in total. The standard InChI is InChI=1S/C33H33N5O5/c1-20(2)30(32(41)33-37-36-28(43-33)17-22-11-9-10-21(3)16-22)35-27(39)19-38-25-14-7-5-12-23(25)31(34-18-29(38)40)24-13-6-8-15-26(24)42-4/h5-16,20,30H,17-19H2,1-4H3,(H,35,39)/t30-/m0/s1. The van der Waals surface area contributed by atoms with Gasteiger partial charge in [-0.25, -0.2) is 0 Å². The highest BCUT2D eigenvalue weighted by Gasteiger charge is 2.32. The Labute approximate surface area is 249 Å². The number of para-hydroxylation sites is 2. The van der Waals surface area contributed by atoms with E-state index in [0.29, 0.717) is 35.0 Å². The van der Waals surface area contributed by atoms with Gasteiger partial charge in [-0.15, -0.1) is 10.2 Å². The number of aromatic nitrogens is 2. The average Bonchev–Trinajstić information content (AvgIpc) is 3.42. The molecule has 5 rings (SSSR count). The van der Waals surface area contributed by atoms with Gasteiger partial charge in [-0.2, -0.15) is 0 Å². The molecule has 0 spiro atoms. The summed E-state index contributed by atoms with van der Waals surface area (Å²) in [6.07, 6.45) is 0.385.